The summed E-state index contributed by atoms with van der Waals surface area (Å²) in [5.74, 6) is 0.945. The average molecular weight is 231 g/mol. The topological polar surface area (TPSA) is 38.3 Å². The van der Waals surface area contributed by atoms with Crippen LogP contribution in [0.2, 0.25) is 0 Å². The molecule has 2 rings (SSSR count). The van der Waals surface area contributed by atoms with Crippen LogP contribution in [0.1, 0.15) is 18.9 Å². The zero-order chi connectivity index (χ0) is 12.1. The van der Waals surface area contributed by atoms with Crippen molar-refractivity contribution in [2.24, 2.45) is 0 Å². The predicted molar refractivity (Wildman–Crippen MR) is 68.1 cm³/mol. The smallest absolute Gasteiger partial charge is 0.152 e. The lowest BCUT2D eigenvalue weighted by atomic mass is 10.2. The zero-order valence-corrected chi connectivity index (χ0v) is 9.98. The Kier molecular flexibility index (Phi) is 3.94. The third-order valence-corrected chi connectivity index (χ3v) is 2.71. The SMILES string of the molecule is CC(=O)/C=C/c1ccc(O[C@H]2CCNC2)cc1. The van der Waals surface area contributed by atoms with Crippen molar-refractivity contribution < 1.29 is 9.53 Å². The van der Waals surface area contributed by atoms with Crippen LogP contribution in [0.15, 0.2) is 30.3 Å². The Balaban J connectivity index is 1.95. The zero-order valence-electron chi connectivity index (χ0n) is 9.98. The van der Waals surface area contributed by atoms with E-state index in [1.165, 1.54) is 0 Å². The number of hydrogen-bond acceptors (Lipinski definition) is 3. The minimum absolute atomic E-state index is 0.0577. The molecule has 1 atom stereocenters. The van der Waals surface area contributed by atoms with Crippen molar-refractivity contribution in [3.8, 4) is 5.75 Å². The molecule has 0 saturated carbocycles. The molecular weight excluding hydrogens is 214 g/mol. The summed E-state index contributed by atoms with van der Waals surface area (Å²) < 4.78 is 5.80. The second kappa shape index (κ2) is 5.64. The molecule has 0 bridgehead atoms. The minimum atomic E-state index is 0.0577. The van der Waals surface area contributed by atoms with Gasteiger partial charge in [0.1, 0.15) is 11.9 Å². The van der Waals surface area contributed by atoms with Gasteiger partial charge in [0.25, 0.3) is 0 Å². The molecule has 1 saturated heterocycles. The lowest BCUT2D eigenvalue weighted by Crippen LogP contribution is -2.19. The number of ether oxygens (including phenoxy) is 1. The van der Waals surface area contributed by atoms with Crippen molar-refractivity contribution >= 4 is 11.9 Å². The Morgan fingerprint density at radius 1 is 1.41 bits per heavy atom. The van der Waals surface area contributed by atoms with Crippen LogP contribution in [-0.2, 0) is 4.79 Å². The molecule has 90 valence electrons. The minimum Gasteiger partial charge on any atom is -0.489 e. The summed E-state index contributed by atoms with van der Waals surface area (Å²) in [6, 6.07) is 7.80. The molecule has 0 unspecified atom stereocenters. The third kappa shape index (κ3) is 3.71. The van der Waals surface area contributed by atoms with E-state index in [0.29, 0.717) is 0 Å². The van der Waals surface area contributed by atoms with E-state index < -0.39 is 0 Å². The lowest BCUT2D eigenvalue weighted by Gasteiger charge is -2.12. The van der Waals surface area contributed by atoms with Gasteiger partial charge < -0.3 is 10.1 Å². The molecule has 0 aromatic heterocycles. The fourth-order valence-corrected chi connectivity index (χ4v) is 1.79. The maximum atomic E-state index is 10.8. The molecule has 3 nitrogen and oxygen atoms in total. The molecule has 0 amide bonds. The van der Waals surface area contributed by atoms with Crippen LogP contribution >= 0.6 is 0 Å². The van der Waals surface area contributed by atoms with Gasteiger partial charge in [0, 0.05) is 6.54 Å². The van der Waals surface area contributed by atoms with Crippen molar-refractivity contribution in [2.75, 3.05) is 13.1 Å². The molecule has 1 fully saturated rings. The first-order chi connectivity index (χ1) is 8.24. The van der Waals surface area contributed by atoms with Gasteiger partial charge in [-0.3, -0.25) is 4.79 Å². The van der Waals surface area contributed by atoms with Crippen LogP contribution in [0.4, 0.5) is 0 Å². The highest BCUT2D eigenvalue weighted by atomic mass is 16.5. The van der Waals surface area contributed by atoms with E-state index in [0.717, 1.165) is 30.8 Å². The van der Waals surface area contributed by atoms with E-state index in [4.69, 9.17) is 4.74 Å². The maximum Gasteiger partial charge on any atom is 0.152 e. The average Bonchev–Trinajstić information content (AvgIpc) is 2.81. The van der Waals surface area contributed by atoms with Gasteiger partial charge in [-0.25, -0.2) is 0 Å². The number of rotatable bonds is 4. The molecule has 3 heteroatoms. The molecule has 1 aromatic rings. The highest BCUT2D eigenvalue weighted by Gasteiger charge is 2.15. The van der Waals surface area contributed by atoms with Crippen molar-refractivity contribution in [3.05, 3.63) is 35.9 Å². The molecular formula is C14H17NO2. The van der Waals surface area contributed by atoms with Crippen molar-refractivity contribution in [2.45, 2.75) is 19.4 Å². The van der Waals surface area contributed by atoms with Crippen LogP contribution in [-0.4, -0.2) is 25.0 Å². The van der Waals surface area contributed by atoms with Crippen LogP contribution in [0.25, 0.3) is 6.08 Å². The van der Waals surface area contributed by atoms with Crippen molar-refractivity contribution in [1.82, 2.24) is 5.32 Å². The summed E-state index contributed by atoms with van der Waals surface area (Å²) in [4.78, 5) is 10.8. The molecule has 1 heterocycles. The number of carbonyl (C=O) groups is 1. The number of carbonyl (C=O) groups excluding carboxylic acids is 1. The van der Waals surface area contributed by atoms with Gasteiger partial charge >= 0.3 is 0 Å². The molecule has 0 aliphatic carbocycles. The monoisotopic (exact) mass is 231 g/mol. The van der Waals surface area contributed by atoms with Crippen LogP contribution < -0.4 is 10.1 Å². The molecule has 1 aromatic carbocycles. The number of hydrogen-bond donors (Lipinski definition) is 1. The van der Waals surface area contributed by atoms with Gasteiger partial charge in [0.05, 0.1) is 0 Å². The van der Waals surface area contributed by atoms with Crippen LogP contribution in [0, 0.1) is 0 Å². The van der Waals surface area contributed by atoms with E-state index in [9.17, 15) is 4.79 Å². The number of ketones is 1. The summed E-state index contributed by atoms with van der Waals surface area (Å²) in [6.45, 7) is 3.50. The van der Waals surface area contributed by atoms with E-state index in [-0.39, 0.29) is 11.9 Å². The van der Waals surface area contributed by atoms with E-state index >= 15 is 0 Å². The Hall–Kier alpha value is -1.61. The normalized spacial score (nSPS) is 19.7. The Labute approximate surface area is 101 Å². The summed E-state index contributed by atoms with van der Waals surface area (Å²) in [5, 5.41) is 3.26. The standard InChI is InChI=1S/C14H17NO2/c1-11(16)2-3-12-4-6-13(7-5-12)17-14-8-9-15-10-14/h2-7,14-15H,8-10H2,1H3/b3-2+/t14-/m0/s1. The Morgan fingerprint density at radius 3 is 2.76 bits per heavy atom. The molecule has 1 N–H and O–H groups in total. The first-order valence-corrected chi connectivity index (χ1v) is 5.90. The van der Waals surface area contributed by atoms with Gasteiger partial charge in [0.15, 0.2) is 5.78 Å². The first-order valence-electron chi connectivity index (χ1n) is 5.90. The molecule has 0 radical (unpaired) electrons. The Morgan fingerprint density at radius 2 is 2.18 bits per heavy atom. The van der Waals surface area contributed by atoms with Crippen LogP contribution in [0.3, 0.4) is 0 Å². The second-order valence-electron chi connectivity index (χ2n) is 4.25. The van der Waals surface area contributed by atoms with E-state index in [2.05, 4.69) is 5.32 Å². The highest BCUT2D eigenvalue weighted by molar-refractivity contribution is 5.91. The molecule has 1 aliphatic rings. The number of nitrogens with one attached hydrogen (secondary N) is 1. The lowest BCUT2D eigenvalue weighted by molar-refractivity contribution is -0.112. The van der Waals surface area contributed by atoms with Crippen LogP contribution in [0.5, 0.6) is 5.75 Å². The van der Waals surface area contributed by atoms with E-state index in [1.54, 1.807) is 13.0 Å². The Bertz CT molecular complexity index is 403. The number of benzene rings is 1. The number of allylic oxidation sites excluding steroid dienone is 1. The summed E-state index contributed by atoms with van der Waals surface area (Å²) in [7, 11) is 0. The van der Waals surface area contributed by atoms with E-state index in [1.807, 2.05) is 30.3 Å². The van der Waals surface area contributed by atoms with Crippen molar-refractivity contribution in [3.63, 3.8) is 0 Å². The van der Waals surface area contributed by atoms with Gasteiger partial charge in [-0.15, -0.1) is 0 Å². The molecule has 17 heavy (non-hydrogen) atoms. The summed E-state index contributed by atoms with van der Waals surface area (Å²) in [5.41, 5.74) is 1.01. The van der Waals surface area contributed by atoms with Gasteiger partial charge in [-0.2, -0.15) is 0 Å². The highest BCUT2D eigenvalue weighted by Crippen LogP contribution is 2.16. The summed E-state index contributed by atoms with van der Waals surface area (Å²) >= 11 is 0. The third-order valence-electron chi connectivity index (χ3n) is 2.71. The fraction of sp³-hybridized carbons (Fsp3) is 0.357. The molecule has 0 spiro atoms. The maximum absolute atomic E-state index is 10.8. The van der Waals surface area contributed by atoms with Gasteiger partial charge in [-0.05, 0) is 43.7 Å². The van der Waals surface area contributed by atoms with Gasteiger partial charge in [0.2, 0.25) is 0 Å². The largest absolute Gasteiger partial charge is 0.489 e. The van der Waals surface area contributed by atoms with Gasteiger partial charge in [-0.1, -0.05) is 18.2 Å². The quantitative estimate of drug-likeness (QED) is 0.806. The second-order valence-corrected chi connectivity index (χ2v) is 4.25. The molecule has 1 aliphatic heterocycles. The summed E-state index contributed by atoms with van der Waals surface area (Å²) in [6.07, 6.45) is 4.72. The van der Waals surface area contributed by atoms with Crippen molar-refractivity contribution in [1.29, 1.82) is 0 Å². The predicted octanol–water partition coefficient (Wildman–Crippen LogP) is 2.03. The fourth-order valence-electron chi connectivity index (χ4n) is 1.79. The first kappa shape index (κ1) is 11.9.